The molecule has 2 N–H and O–H groups in total. The molecule has 0 saturated heterocycles. The summed E-state index contributed by atoms with van der Waals surface area (Å²) >= 11 is 0. The van der Waals surface area contributed by atoms with E-state index in [0.29, 0.717) is 6.42 Å². The molecule has 14 nitrogen and oxygen atoms in total. The Morgan fingerprint density at radius 3 is 1.32 bits per heavy atom. The summed E-state index contributed by atoms with van der Waals surface area (Å²) in [5, 5.41) is 30.0. The number of aromatic nitrogens is 4. The molecule has 0 radical (unpaired) electrons. The van der Waals surface area contributed by atoms with E-state index in [4.69, 9.17) is 0 Å². The molecule has 0 spiro atoms. The number of hydrogen-bond acceptors (Lipinski definition) is 10. The number of rotatable bonds is 10. The monoisotopic (exact) mass is 682 g/mol. The smallest absolute Gasteiger partial charge is 0.373 e. The van der Waals surface area contributed by atoms with Crippen molar-refractivity contribution < 1.29 is 54.2 Å². The van der Waals surface area contributed by atoms with Crippen LogP contribution in [0.2, 0.25) is 0 Å². The van der Waals surface area contributed by atoms with Crippen molar-refractivity contribution in [3.8, 4) is 23.3 Å². The topological polar surface area (TPSA) is 198 Å². The second-order valence-corrected chi connectivity index (χ2v) is 13.0. The fourth-order valence-corrected chi connectivity index (χ4v) is 6.83. The Morgan fingerprint density at radius 1 is 0.596 bits per heavy atom. The molecule has 0 fully saturated rings. The van der Waals surface area contributed by atoms with Gasteiger partial charge in [-0.25, -0.2) is 8.78 Å². The van der Waals surface area contributed by atoms with E-state index in [9.17, 15) is 35.8 Å². The summed E-state index contributed by atoms with van der Waals surface area (Å²) in [7, 11) is -9.21. The molecule has 0 bridgehead atoms. The lowest BCUT2D eigenvalue weighted by molar-refractivity contribution is -0.706. The van der Waals surface area contributed by atoms with Crippen LogP contribution in [0.15, 0.2) is 116 Å². The minimum Gasteiger partial charge on any atom is -0.538 e. The lowest BCUT2D eigenvalue weighted by Gasteiger charge is -2.07. The summed E-state index contributed by atoms with van der Waals surface area (Å²) < 4.78 is 94.7. The van der Waals surface area contributed by atoms with Crippen molar-refractivity contribution in [2.45, 2.75) is 16.5 Å². The third kappa shape index (κ3) is 6.31. The van der Waals surface area contributed by atoms with E-state index in [2.05, 4.69) is 19.6 Å². The molecule has 6 rings (SSSR count). The maximum Gasteiger partial charge on any atom is 0.373 e. The molecule has 0 aliphatic rings. The SMILES string of the molecule is O=S(=O)(Nc1ccccc1F)c1c([O-])on[n+]1-c1ccc(Cc2ccc(-[n+]3noc([O-])c3S(=O)(=O)Nc3ccccc3F)cc2)cc1. The van der Waals surface area contributed by atoms with Crippen LogP contribution in [0.1, 0.15) is 11.1 Å². The largest absolute Gasteiger partial charge is 0.538 e. The lowest BCUT2D eigenvalue weighted by atomic mass is 10.0. The standard InChI is InChI=1S/C29H20F2N6O8S2/c30-22-5-1-3-7-24(22)32-46(40,41)26-28(38)44-34-36(26)20-13-9-18(10-14-20)17-19-11-15-21(16-12-19)37-27(29(39)45-35-37)47(42,43)33-25-8-4-2-6-23(25)31/h1-16,32-33H,17H2. The van der Waals surface area contributed by atoms with Gasteiger partial charge in [-0.05, 0) is 51.2 Å². The Balaban J connectivity index is 1.20. The van der Waals surface area contributed by atoms with Gasteiger partial charge in [0.25, 0.3) is 0 Å². The summed E-state index contributed by atoms with van der Waals surface area (Å²) in [6, 6.07) is 22.6. The Hall–Kier alpha value is -5.88. The fraction of sp³-hybridized carbons (Fsp3) is 0.0345. The van der Waals surface area contributed by atoms with Gasteiger partial charge in [-0.2, -0.15) is 16.8 Å². The van der Waals surface area contributed by atoms with Gasteiger partial charge in [0, 0.05) is 24.3 Å². The fourth-order valence-electron chi connectivity index (χ4n) is 4.48. The highest BCUT2D eigenvalue weighted by atomic mass is 32.2. The molecule has 0 aliphatic carbocycles. The van der Waals surface area contributed by atoms with Crippen molar-refractivity contribution in [2.24, 2.45) is 0 Å². The van der Waals surface area contributed by atoms with Gasteiger partial charge in [0.1, 0.15) is 11.6 Å². The first-order chi connectivity index (χ1) is 22.4. The number of halogens is 2. The highest BCUT2D eigenvalue weighted by molar-refractivity contribution is 7.92. The van der Waals surface area contributed by atoms with Crippen molar-refractivity contribution in [3.63, 3.8) is 0 Å². The zero-order chi connectivity index (χ0) is 33.3. The molecule has 2 aromatic heterocycles. The maximum atomic E-state index is 14.1. The first-order valence-electron chi connectivity index (χ1n) is 13.3. The Bertz CT molecular complexity index is 2150. The lowest BCUT2D eigenvalue weighted by Crippen LogP contribution is -2.40. The average molecular weight is 683 g/mol. The second kappa shape index (κ2) is 12.1. The average Bonchev–Trinajstić information content (AvgIpc) is 3.63. The minimum absolute atomic E-state index is 0.164. The van der Waals surface area contributed by atoms with Crippen LogP contribution in [-0.4, -0.2) is 27.4 Å². The van der Waals surface area contributed by atoms with Crippen LogP contribution < -0.4 is 29.0 Å². The molecule has 4 aromatic carbocycles. The third-order valence-electron chi connectivity index (χ3n) is 6.66. The number of nitrogens with zero attached hydrogens (tertiary/aromatic N) is 4. The maximum absolute atomic E-state index is 14.1. The number of para-hydroxylation sites is 2. The Labute approximate surface area is 264 Å². The van der Waals surface area contributed by atoms with Crippen molar-refractivity contribution in [3.05, 3.63) is 120 Å². The van der Waals surface area contributed by atoms with Crippen LogP contribution in [0.25, 0.3) is 11.4 Å². The van der Waals surface area contributed by atoms with Gasteiger partial charge in [0.05, 0.1) is 21.9 Å². The van der Waals surface area contributed by atoms with E-state index < -0.39 is 53.6 Å². The van der Waals surface area contributed by atoms with E-state index in [0.717, 1.165) is 32.6 Å². The molecule has 0 saturated carbocycles. The summed E-state index contributed by atoms with van der Waals surface area (Å²) in [6.45, 7) is 0. The predicted molar refractivity (Wildman–Crippen MR) is 152 cm³/mol. The highest BCUT2D eigenvalue weighted by Gasteiger charge is 2.35. The molecular weight excluding hydrogens is 662 g/mol. The summed E-state index contributed by atoms with van der Waals surface area (Å²) in [5.74, 6) is -4.21. The number of nitrogens with one attached hydrogen (secondary N) is 2. The summed E-state index contributed by atoms with van der Waals surface area (Å²) in [5.41, 5.74) is 1.09. The molecule has 18 heteroatoms. The van der Waals surface area contributed by atoms with Gasteiger partial charge in [-0.15, -0.1) is 0 Å². The van der Waals surface area contributed by atoms with Crippen LogP contribution in [-0.2, 0) is 26.5 Å². The van der Waals surface area contributed by atoms with Gasteiger partial charge in [-0.3, -0.25) is 9.44 Å². The predicted octanol–water partition coefficient (Wildman–Crippen LogP) is 1.83. The Kier molecular flexibility index (Phi) is 8.04. The quantitative estimate of drug-likeness (QED) is 0.201. The van der Waals surface area contributed by atoms with E-state index in [1.807, 2.05) is 9.44 Å². The highest BCUT2D eigenvalue weighted by Crippen LogP contribution is 2.24. The third-order valence-corrected chi connectivity index (χ3v) is 9.33. The minimum atomic E-state index is -4.60. The van der Waals surface area contributed by atoms with Crippen LogP contribution in [0.4, 0.5) is 20.2 Å². The summed E-state index contributed by atoms with van der Waals surface area (Å²) in [4.78, 5) is 0. The van der Waals surface area contributed by atoms with E-state index >= 15 is 0 Å². The van der Waals surface area contributed by atoms with Crippen LogP contribution in [0.5, 0.6) is 11.9 Å². The normalized spacial score (nSPS) is 11.8. The molecule has 240 valence electrons. The second-order valence-electron chi connectivity index (χ2n) is 9.84. The van der Waals surface area contributed by atoms with Gasteiger partial charge >= 0.3 is 30.1 Å². The van der Waals surface area contributed by atoms with E-state index in [1.165, 1.54) is 60.7 Å². The molecule has 0 aliphatic heterocycles. The molecule has 0 unspecified atom stereocenters. The molecule has 6 aromatic rings. The zero-order valence-electron chi connectivity index (χ0n) is 23.6. The van der Waals surface area contributed by atoms with Crippen molar-refractivity contribution in [1.29, 1.82) is 0 Å². The first kappa shape index (κ1) is 31.1. The Morgan fingerprint density at radius 2 is 0.957 bits per heavy atom. The van der Waals surface area contributed by atoms with Gasteiger partial charge in [-0.1, -0.05) is 48.5 Å². The number of anilines is 2. The number of benzene rings is 4. The van der Waals surface area contributed by atoms with Gasteiger partial charge < -0.3 is 19.3 Å². The molecule has 0 atom stereocenters. The van der Waals surface area contributed by atoms with Crippen LogP contribution in [0, 0.1) is 11.6 Å². The zero-order valence-corrected chi connectivity index (χ0v) is 25.2. The number of sulfonamides is 2. The first-order valence-corrected chi connectivity index (χ1v) is 16.3. The van der Waals surface area contributed by atoms with Crippen molar-refractivity contribution >= 4 is 31.4 Å². The van der Waals surface area contributed by atoms with Crippen LogP contribution in [0.3, 0.4) is 0 Å². The van der Waals surface area contributed by atoms with E-state index in [-0.39, 0.29) is 22.7 Å². The van der Waals surface area contributed by atoms with Gasteiger partial charge in [0.15, 0.2) is 11.9 Å². The molecule has 47 heavy (non-hydrogen) atoms. The van der Waals surface area contributed by atoms with E-state index in [1.54, 1.807) is 24.3 Å². The number of hydrogen-bond donors (Lipinski definition) is 2. The molecule has 2 heterocycles. The summed E-state index contributed by atoms with van der Waals surface area (Å²) in [6.07, 6.45) is 0.354. The molecule has 0 amide bonds. The van der Waals surface area contributed by atoms with Crippen molar-refractivity contribution in [1.82, 2.24) is 10.5 Å². The van der Waals surface area contributed by atoms with Crippen molar-refractivity contribution in [2.75, 3.05) is 9.44 Å². The van der Waals surface area contributed by atoms with Crippen LogP contribution >= 0.6 is 0 Å². The molecular formula is C29H20F2N6O8S2. The van der Waals surface area contributed by atoms with Gasteiger partial charge in [0.2, 0.25) is 11.4 Å².